The third kappa shape index (κ3) is 1.07. The Morgan fingerprint density at radius 1 is 1.42 bits per heavy atom. The molecule has 0 atom stereocenters. The Kier molecular flexibility index (Phi) is 1.40. The Hall–Kier alpha value is -1.71. The summed E-state index contributed by atoms with van der Waals surface area (Å²) in [4.78, 5) is 0. The normalized spacial score (nSPS) is 10.4. The number of nitrogen functional groups attached to an aromatic ring is 1. The molecule has 2 aromatic heterocycles. The van der Waals surface area contributed by atoms with Crippen molar-refractivity contribution in [1.82, 2.24) is 9.78 Å². The van der Waals surface area contributed by atoms with E-state index in [1.165, 1.54) is 0 Å². The maximum Gasteiger partial charge on any atom is 0.222 e. The zero-order valence-corrected chi connectivity index (χ0v) is 6.69. The Morgan fingerprint density at radius 3 is 2.75 bits per heavy atom. The quantitative estimate of drug-likeness (QED) is 0.690. The van der Waals surface area contributed by atoms with Crippen LogP contribution in [0.15, 0.2) is 28.8 Å². The van der Waals surface area contributed by atoms with Crippen molar-refractivity contribution in [2.45, 2.75) is 6.92 Å². The predicted octanol–water partition coefficient (Wildman–Crippen LogP) is 1.36. The van der Waals surface area contributed by atoms with Crippen molar-refractivity contribution < 1.29 is 4.42 Å². The first-order valence-electron chi connectivity index (χ1n) is 3.64. The molecule has 2 rings (SSSR count). The van der Waals surface area contributed by atoms with Crippen LogP contribution in [0, 0.1) is 6.92 Å². The van der Waals surface area contributed by atoms with Gasteiger partial charge in [0.1, 0.15) is 0 Å². The second-order valence-electron chi connectivity index (χ2n) is 2.58. The standard InChI is InChI=1S/C8H9N3O/c1-6-4-5-11(10-6)8-3-2-7(9)12-8/h2-5H,9H2,1H3. The zero-order chi connectivity index (χ0) is 8.55. The molecule has 0 aliphatic rings. The van der Waals surface area contributed by atoms with E-state index in [-0.39, 0.29) is 0 Å². The molecule has 0 aliphatic carbocycles. The van der Waals surface area contributed by atoms with Crippen LogP contribution in [0.25, 0.3) is 5.88 Å². The third-order valence-corrected chi connectivity index (χ3v) is 1.56. The van der Waals surface area contributed by atoms with Crippen molar-refractivity contribution >= 4 is 5.88 Å². The minimum absolute atomic E-state index is 0.401. The van der Waals surface area contributed by atoms with Crippen molar-refractivity contribution in [2.75, 3.05) is 5.73 Å². The molecule has 0 saturated carbocycles. The van der Waals surface area contributed by atoms with Crippen LogP contribution in [0.2, 0.25) is 0 Å². The van der Waals surface area contributed by atoms with Crippen LogP contribution in [0.5, 0.6) is 0 Å². The molecular weight excluding hydrogens is 154 g/mol. The highest BCUT2D eigenvalue weighted by Crippen LogP contribution is 2.13. The topological polar surface area (TPSA) is 57.0 Å². The lowest BCUT2D eigenvalue weighted by molar-refractivity contribution is 0.538. The van der Waals surface area contributed by atoms with Gasteiger partial charge in [-0.3, -0.25) is 0 Å². The Balaban J connectivity index is 2.43. The van der Waals surface area contributed by atoms with E-state index >= 15 is 0 Å². The largest absolute Gasteiger partial charge is 0.423 e. The summed E-state index contributed by atoms with van der Waals surface area (Å²) in [5.41, 5.74) is 6.36. The molecule has 2 N–H and O–H groups in total. The number of nitrogens with two attached hydrogens (primary N) is 1. The fourth-order valence-corrected chi connectivity index (χ4v) is 1.00. The van der Waals surface area contributed by atoms with E-state index in [1.54, 1.807) is 16.8 Å². The van der Waals surface area contributed by atoms with Crippen molar-refractivity contribution in [1.29, 1.82) is 0 Å². The molecule has 0 aromatic carbocycles. The number of hydrogen-bond acceptors (Lipinski definition) is 3. The van der Waals surface area contributed by atoms with Crippen molar-refractivity contribution in [2.24, 2.45) is 0 Å². The number of nitrogens with zero attached hydrogens (tertiary/aromatic N) is 2. The average Bonchev–Trinajstić information content (AvgIpc) is 2.58. The van der Waals surface area contributed by atoms with Gasteiger partial charge in [-0.2, -0.15) is 5.10 Å². The van der Waals surface area contributed by atoms with Crippen LogP contribution in [-0.2, 0) is 0 Å². The lowest BCUT2D eigenvalue weighted by Crippen LogP contribution is -1.92. The van der Waals surface area contributed by atoms with Crippen molar-refractivity contribution in [3.63, 3.8) is 0 Å². The molecule has 2 heterocycles. The second kappa shape index (κ2) is 2.41. The minimum Gasteiger partial charge on any atom is -0.423 e. The number of anilines is 1. The van der Waals surface area contributed by atoms with Crippen molar-refractivity contribution in [3.05, 3.63) is 30.1 Å². The van der Waals surface area contributed by atoms with Crippen LogP contribution in [0.3, 0.4) is 0 Å². The first kappa shape index (κ1) is 6.97. The summed E-state index contributed by atoms with van der Waals surface area (Å²) in [6.45, 7) is 1.92. The first-order chi connectivity index (χ1) is 5.75. The molecule has 0 saturated heterocycles. The van der Waals surface area contributed by atoms with Gasteiger partial charge in [0.25, 0.3) is 0 Å². The smallest absolute Gasteiger partial charge is 0.222 e. The first-order valence-corrected chi connectivity index (χ1v) is 3.64. The van der Waals surface area contributed by atoms with Gasteiger partial charge in [-0.25, -0.2) is 4.68 Å². The van der Waals surface area contributed by atoms with Gasteiger partial charge >= 0.3 is 0 Å². The van der Waals surface area contributed by atoms with E-state index in [0.29, 0.717) is 11.8 Å². The molecular formula is C8H9N3O. The van der Waals surface area contributed by atoms with Gasteiger partial charge in [0, 0.05) is 18.3 Å². The molecule has 0 bridgehead atoms. The summed E-state index contributed by atoms with van der Waals surface area (Å²) in [5.74, 6) is 1.04. The number of hydrogen-bond donors (Lipinski definition) is 1. The van der Waals surface area contributed by atoms with Gasteiger partial charge in [-0.1, -0.05) is 0 Å². The van der Waals surface area contributed by atoms with Crippen LogP contribution in [0.1, 0.15) is 5.69 Å². The Labute approximate surface area is 69.6 Å². The lowest BCUT2D eigenvalue weighted by Gasteiger charge is -1.92. The number of rotatable bonds is 1. The summed E-state index contributed by atoms with van der Waals surface area (Å²) in [7, 11) is 0. The molecule has 0 unspecified atom stereocenters. The van der Waals surface area contributed by atoms with Crippen LogP contribution < -0.4 is 5.73 Å². The molecule has 4 heteroatoms. The van der Waals surface area contributed by atoms with Crippen molar-refractivity contribution in [3.8, 4) is 5.88 Å². The van der Waals surface area contributed by atoms with Gasteiger partial charge in [0.15, 0.2) is 5.88 Å². The molecule has 0 amide bonds. The van der Waals surface area contributed by atoms with E-state index in [9.17, 15) is 0 Å². The molecule has 0 fully saturated rings. The highest BCUT2D eigenvalue weighted by molar-refractivity contribution is 5.31. The van der Waals surface area contributed by atoms with Crippen LogP contribution in [0.4, 0.5) is 5.88 Å². The maximum atomic E-state index is 5.41. The van der Waals surface area contributed by atoms with E-state index in [1.807, 2.05) is 19.2 Å². The highest BCUT2D eigenvalue weighted by atomic mass is 16.4. The Morgan fingerprint density at radius 2 is 2.25 bits per heavy atom. The van der Waals surface area contributed by atoms with E-state index in [4.69, 9.17) is 10.2 Å². The Bertz CT molecular complexity index is 350. The van der Waals surface area contributed by atoms with Gasteiger partial charge in [-0.05, 0) is 13.0 Å². The number of aryl methyl sites for hydroxylation is 1. The SMILES string of the molecule is Cc1ccn(-c2ccc(N)o2)n1. The second-order valence-corrected chi connectivity index (χ2v) is 2.58. The number of furan rings is 1. The minimum atomic E-state index is 0.401. The fourth-order valence-electron chi connectivity index (χ4n) is 1.00. The fraction of sp³-hybridized carbons (Fsp3) is 0.125. The van der Waals surface area contributed by atoms with E-state index < -0.39 is 0 Å². The monoisotopic (exact) mass is 163 g/mol. The zero-order valence-electron chi connectivity index (χ0n) is 6.69. The van der Waals surface area contributed by atoms with Gasteiger partial charge in [0.05, 0.1) is 5.69 Å². The molecule has 62 valence electrons. The predicted molar refractivity (Wildman–Crippen MR) is 45.0 cm³/mol. The van der Waals surface area contributed by atoms with E-state index in [0.717, 1.165) is 5.69 Å². The van der Waals surface area contributed by atoms with Crippen LogP contribution in [-0.4, -0.2) is 9.78 Å². The molecule has 0 radical (unpaired) electrons. The molecule has 0 spiro atoms. The summed E-state index contributed by atoms with van der Waals surface area (Å²) in [6.07, 6.45) is 1.83. The summed E-state index contributed by atoms with van der Waals surface area (Å²) >= 11 is 0. The summed E-state index contributed by atoms with van der Waals surface area (Å²) in [6, 6.07) is 5.38. The molecule has 4 nitrogen and oxygen atoms in total. The molecule has 2 aromatic rings. The molecule has 12 heavy (non-hydrogen) atoms. The lowest BCUT2D eigenvalue weighted by atomic mass is 10.5. The number of aromatic nitrogens is 2. The van der Waals surface area contributed by atoms with Crippen LogP contribution >= 0.6 is 0 Å². The third-order valence-electron chi connectivity index (χ3n) is 1.56. The summed E-state index contributed by atoms with van der Waals surface area (Å²) < 4.78 is 6.81. The maximum absolute atomic E-state index is 5.41. The van der Waals surface area contributed by atoms with Gasteiger partial charge in [0.2, 0.25) is 5.88 Å². The molecule has 0 aliphatic heterocycles. The van der Waals surface area contributed by atoms with Gasteiger partial charge in [-0.15, -0.1) is 0 Å². The van der Waals surface area contributed by atoms with Gasteiger partial charge < -0.3 is 10.2 Å². The van der Waals surface area contributed by atoms with E-state index in [2.05, 4.69) is 5.10 Å². The average molecular weight is 163 g/mol. The summed E-state index contributed by atoms with van der Waals surface area (Å²) in [5, 5.41) is 4.16. The highest BCUT2D eigenvalue weighted by Gasteiger charge is 2.01.